The lowest BCUT2D eigenvalue weighted by Gasteiger charge is -2.25. The fourth-order valence-electron chi connectivity index (χ4n) is 0.879. The quantitative estimate of drug-likeness (QED) is 0.406. The van der Waals surface area contributed by atoms with Crippen molar-refractivity contribution in [2.24, 2.45) is 0 Å². The second kappa shape index (κ2) is 6.48. The van der Waals surface area contributed by atoms with Gasteiger partial charge in [0.05, 0.1) is 0 Å². The van der Waals surface area contributed by atoms with E-state index in [-0.39, 0.29) is 6.42 Å². The maximum absolute atomic E-state index is 12.9. The monoisotopic (exact) mass is 314 g/mol. The normalized spacial score (nSPS) is 18.7. The van der Waals surface area contributed by atoms with Gasteiger partial charge in [0.15, 0.2) is 6.17 Å². The van der Waals surface area contributed by atoms with Gasteiger partial charge in [-0.05, 0) is 17.4 Å². The SMILES string of the molecule is FOC(F)(C(F)CCC=CCBr)C(F)(F)F. The predicted octanol–water partition coefficient (Wildman–Crippen LogP) is 4.19. The molecule has 96 valence electrons. The average molecular weight is 315 g/mol. The molecular weight excluding hydrogens is 306 g/mol. The molecule has 0 radical (unpaired) electrons. The van der Waals surface area contributed by atoms with E-state index in [1.54, 1.807) is 0 Å². The van der Waals surface area contributed by atoms with Crippen molar-refractivity contribution in [3.63, 3.8) is 0 Å². The third kappa shape index (κ3) is 3.97. The summed E-state index contributed by atoms with van der Waals surface area (Å²) in [6.45, 7) is 0. The number of allylic oxidation sites excluding steroid dienone is 2. The summed E-state index contributed by atoms with van der Waals surface area (Å²) in [4.78, 5) is 2.12. The van der Waals surface area contributed by atoms with Crippen LogP contribution in [0.15, 0.2) is 12.2 Å². The van der Waals surface area contributed by atoms with E-state index in [9.17, 15) is 26.5 Å². The molecule has 0 aromatic rings. The first-order chi connectivity index (χ1) is 7.29. The highest BCUT2D eigenvalue weighted by atomic mass is 79.9. The first-order valence-electron chi connectivity index (χ1n) is 4.20. The van der Waals surface area contributed by atoms with E-state index < -0.39 is 24.6 Å². The summed E-state index contributed by atoms with van der Waals surface area (Å²) in [6.07, 6.45) is -7.01. The number of halogens is 7. The van der Waals surface area contributed by atoms with Crippen LogP contribution >= 0.6 is 15.9 Å². The van der Waals surface area contributed by atoms with Crippen LogP contribution in [0.2, 0.25) is 0 Å². The van der Waals surface area contributed by atoms with Gasteiger partial charge in [-0.15, -0.1) is 4.94 Å². The Kier molecular flexibility index (Phi) is 6.39. The van der Waals surface area contributed by atoms with Crippen molar-refractivity contribution < 1.29 is 31.4 Å². The van der Waals surface area contributed by atoms with E-state index in [0.717, 1.165) is 0 Å². The second-order valence-electron chi connectivity index (χ2n) is 2.89. The van der Waals surface area contributed by atoms with Crippen LogP contribution in [0.1, 0.15) is 12.8 Å². The molecule has 0 aliphatic heterocycles. The fourth-order valence-corrected chi connectivity index (χ4v) is 1.14. The highest BCUT2D eigenvalue weighted by Crippen LogP contribution is 2.41. The van der Waals surface area contributed by atoms with Gasteiger partial charge in [-0.2, -0.15) is 17.6 Å². The lowest BCUT2D eigenvalue weighted by Crippen LogP contribution is -2.49. The Balaban J connectivity index is 4.42. The van der Waals surface area contributed by atoms with Crippen molar-refractivity contribution in [3.05, 3.63) is 12.2 Å². The molecule has 16 heavy (non-hydrogen) atoms. The molecule has 0 spiro atoms. The van der Waals surface area contributed by atoms with E-state index in [4.69, 9.17) is 0 Å². The molecule has 0 saturated carbocycles. The van der Waals surface area contributed by atoms with Gasteiger partial charge in [0, 0.05) is 5.33 Å². The average Bonchev–Trinajstić information content (AvgIpc) is 2.21. The Morgan fingerprint density at radius 3 is 2.12 bits per heavy atom. The van der Waals surface area contributed by atoms with Crippen LogP contribution in [0.25, 0.3) is 0 Å². The zero-order chi connectivity index (χ0) is 12.8. The third-order valence-electron chi connectivity index (χ3n) is 1.74. The summed E-state index contributed by atoms with van der Waals surface area (Å²) >= 11 is 2.98. The minimum atomic E-state index is -5.75. The van der Waals surface area contributed by atoms with Crippen LogP contribution in [0.3, 0.4) is 0 Å². The van der Waals surface area contributed by atoms with Gasteiger partial charge in [0.1, 0.15) is 0 Å². The first kappa shape index (κ1) is 15.8. The minimum absolute atomic E-state index is 0.155. The summed E-state index contributed by atoms with van der Waals surface area (Å²) in [5.41, 5.74) is 0. The Hall–Kier alpha value is -0.240. The molecule has 8 heteroatoms. The van der Waals surface area contributed by atoms with Crippen molar-refractivity contribution in [2.75, 3.05) is 5.33 Å². The highest BCUT2D eigenvalue weighted by molar-refractivity contribution is 9.09. The van der Waals surface area contributed by atoms with Gasteiger partial charge < -0.3 is 0 Å². The standard InChI is InChI=1S/C8H9BrF6O/c9-5-3-1-2-4-6(10)7(11,16-15)8(12,13)14/h1,3,6H,2,4-5H2. The molecule has 0 aliphatic rings. The number of alkyl halides is 6. The van der Waals surface area contributed by atoms with Gasteiger partial charge in [-0.25, -0.2) is 4.39 Å². The predicted molar refractivity (Wildman–Crippen MR) is 49.2 cm³/mol. The molecule has 0 rings (SSSR count). The molecule has 0 aromatic carbocycles. The molecule has 0 bridgehead atoms. The Morgan fingerprint density at radius 2 is 1.75 bits per heavy atom. The Morgan fingerprint density at radius 1 is 1.19 bits per heavy atom. The summed E-state index contributed by atoms with van der Waals surface area (Å²) in [7, 11) is 0. The van der Waals surface area contributed by atoms with Gasteiger partial charge in [0.2, 0.25) is 0 Å². The van der Waals surface area contributed by atoms with Crippen LogP contribution in [-0.4, -0.2) is 23.5 Å². The molecule has 1 nitrogen and oxygen atoms in total. The van der Waals surface area contributed by atoms with Crippen LogP contribution < -0.4 is 0 Å². The van der Waals surface area contributed by atoms with Crippen molar-refractivity contribution in [2.45, 2.75) is 31.0 Å². The van der Waals surface area contributed by atoms with Crippen molar-refractivity contribution >= 4 is 15.9 Å². The molecule has 0 aromatic heterocycles. The zero-order valence-corrected chi connectivity index (χ0v) is 9.49. The molecule has 0 saturated heterocycles. The highest BCUT2D eigenvalue weighted by Gasteiger charge is 2.64. The van der Waals surface area contributed by atoms with E-state index in [2.05, 4.69) is 20.9 Å². The van der Waals surface area contributed by atoms with E-state index in [0.29, 0.717) is 5.33 Å². The smallest absolute Gasteiger partial charge is 0.241 e. The molecule has 0 fully saturated rings. The van der Waals surface area contributed by atoms with Gasteiger partial charge in [0.25, 0.3) is 0 Å². The molecule has 0 aliphatic carbocycles. The summed E-state index contributed by atoms with van der Waals surface area (Å²) < 4.78 is 72.9. The van der Waals surface area contributed by atoms with Gasteiger partial charge in [-0.1, -0.05) is 28.1 Å². The molecule has 2 unspecified atom stereocenters. The molecular formula is C8H9BrF6O. The van der Waals surface area contributed by atoms with Crippen LogP contribution in [-0.2, 0) is 4.94 Å². The zero-order valence-electron chi connectivity index (χ0n) is 7.91. The first-order valence-corrected chi connectivity index (χ1v) is 5.32. The second-order valence-corrected chi connectivity index (χ2v) is 3.54. The van der Waals surface area contributed by atoms with E-state index in [1.807, 2.05) is 0 Å². The van der Waals surface area contributed by atoms with Crippen molar-refractivity contribution in [1.82, 2.24) is 0 Å². The topological polar surface area (TPSA) is 9.23 Å². The van der Waals surface area contributed by atoms with Gasteiger partial charge >= 0.3 is 12.0 Å². The molecule has 0 amide bonds. The lowest BCUT2D eigenvalue weighted by atomic mass is 10.1. The number of hydrogen-bond acceptors (Lipinski definition) is 1. The van der Waals surface area contributed by atoms with Crippen LogP contribution in [0.4, 0.5) is 26.5 Å². The minimum Gasteiger partial charge on any atom is -0.241 e. The lowest BCUT2D eigenvalue weighted by molar-refractivity contribution is -0.418. The third-order valence-corrected chi connectivity index (χ3v) is 2.12. The Bertz CT molecular complexity index is 231. The van der Waals surface area contributed by atoms with Crippen LogP contribution in [0, 0.1) is 0 Å². The number of hydrogen-bond donors (Lipinski definition) is 0. The maximum Gasteiger partial charge on any atom is 0.454 e. The Labute approximate surface area is 96.5 Å². The largest absolute Gasteiger partial charge is 0.454 e. The summed E-state index contributed by atoms with van der Waals surface area (Å²) in [5, 5.41) is 0.434. The van der Waals surface area contributed by atoms with Crippen LogP contribution in [0.5, 0.6) is 0 Å². The van der Waals surface area contributed by atoms with E-state index >= 15 is 0 Å². The fraction of sp³-hybridized carbons (Fsp3) is 0.750. The summed E-state index contributed by atoms with van der Waals surface area (Å²) in [6, 6.07) is 0. The molecule has 0 N–H and O–H groups in total. The molecule has 0 heterocycles. The van der Waals surface area contributed by atoms with E-state index in [1.165, 1.54) is 12.2 Å². The van der Waals surface area contributed by atoms with Crippen molar-refractivity contribution in [1.29, 1.82) is 0 Å². The number of rotatable bonds is 6. The summed E-state index contributed by atoms with van der Waals surface area (Å²) in [5.74, 6) is -4.89. The molecule has 2 atom stereocenters. The van der Waals surface area contributed by atoms with Crippen molar-refractivity contribution in [3.8, 4) is 0 Å². The van der Waals surface area contributed by atoms with Gasteiger partial charge in [-0.3, -0.25) is 0 Å². The maximum atomic E-state index is 12.9.